The van der Waals surface area contributed by atoms with Crippen LogP contribution in [-0.2, 0) is 16.0 Å². The van der Waals surface area contributed by atoms with Crippen LogP contribution in [0.4, 0.5) is 10.8 Å². The third-order valence-corrected chi connectivity index (χ3v) is 3.58. The van der Waals surface area contributed by atoms with Crippen LogP contribution in [0.5, 0.6) is 0 Å². The number of anilines is 2. The van der Waals surface area contributed by atoms with Crippen molar-refractivity contribution in [3.05, 3.63) is 40.9 Å². The van der Waals surface area contributed by atoms with E-state index in [4.69, 9.17) is 0 Å². The molecule has 6 nitrogen and oxygen atoms in total. The summed E-state index contributed by atoms with van der Waals surface area (Å²) in [6.45, 7) is 0. The molecule has 0 aliphatic heterocycles. The number of methoxy groups -OCH3 is 1. The molecule has 0 spiro atoms. The number of rotatable bonds is 5. The first-order valence-electron chi connectivity index (χ1n) is 6.22. The standard InChI is InChI=1S/C14H15N3O3S/c1-15-14-17-11(8-21-14)7-12(18)16-10-5-3-4-9(6-10)13(19)20-2/h3-6,8H,7H2,1-2H3,(H,15,17)(H,16,18). The molecular weight excluding hydrogens is 290 g/mol. The van der Waals surface area contributed by atoms with Gasteiger partial charge in [0.2, 0.25) is 5.91 Å². The Morgan fingerprint density at radius 1 is 1.38 bits per heavy atom. The highest BCUT2D eigenvalue weighted by Gasteiger charge is 2.10. The average molecular weight is 305 g/mol. The summed E-state index contributed by atoms with van der Waals surface area (Å²) in [5.41, 5.74) is 1.64. The number of ether oxygens (including phenoxy) is 1. The highest BCUT2D eigenvalue weighted by molar-refractivity contribution is 7.13. The van der Waals surface area contributed by atoms with E-state index in [9.17, 15) is 9.59 Å². The van der Waals surface area contributed by atoms with E-state index in [1.165, 1.54) is 18.4 Å². The van der Waals surface area contributed by atoms with Crippen molar-refractivity contribution in [3.8, 4) is 0 Å². The largest absolute Gasteiger partial charge is 0.465 e. The van der Waals surface area contributed by atoms with Crippen molar-refractivity contribution in [2.24, 2.45) is 0 Å². The van der Waals surface area contributed by atoms with Gasteiger partial charge in [0.05, 0.1) is 24.8 Å². The molecule has 0 atom stereocenters. The lowest BCUT2D eigenvalue weighted by Gasteiger charge is -2.06. The molecule has 1 heterocycles. The zero-order chi connectivity index (χ0) is 15.2. The van der Waals surface area contributed by atoms with Crippen LogP contribution in [0.15, 0.2) is 29.6 Å². The van der Waals surface area contributed by atoms with Crippen LogP contribution in [-0.4, -0.2) is 31.0 Å². The maximum absolute atomic E-state index is 11.9. The lowest BCUT2D eigenvalue weighted by atomic mass is 10.2. The Kier molecular flexibility index (Phi) is 4.89. The summed E-state index contributed by atoms with van der Waals surface area (Å²) in [5, 5.41) is 8.25. The van der Waals surface area contributed by atoms with E-state index >= 15 is 0 Å². The topological polar surface area (TPSA) is 80.3 Å². The number of benzene rings is 1. The zero-order valence-corrected chi connectivity index (χ0v) is 12.5. The van der Waals surface area contributed by atoms with Crippen molar-refractivity contribution in [2.75, 3.05) is 24.8 Å². The van der Waals surface area contributed by atoms with E-state index in [1.807, 2.05) is 5.38 Å². The first kappa shape index (κ1) is 15.0. The maximum atomic E-state index is 11.9. The van der Waals surface area contributed by atoms with Gasteiger partial charge in [0.1, 0.15) is 0 Å². The van der Waals surface area contributed by atoms with Crippen molar-refractivity contribution in [3.63, 3.8) is 0 Å². The van der Waals surface area contributed by atoms with Crippen molar-refractivity contribution in [2.45, 2.75) is 6.42 Å². The average Bonchev–Trinajstić information content (AvgIpc) is 2.94. The molecule has 2 rings (SSSR count). The molecule has 0 fully saturated rings. The molecule has 1 aromatic carbocycles. The molecule has 0 saturated heterocycles. The van der Waals surface area contributed by atoms with Gasteiger partial charge < -0.3 is 15.4 Å². The molecule has 21 heavy (non-hydrogen) atoms. The minimum Gasteiger partial charge on any atom is -0.465 e. The molecular formula is C14H15N3O3S. The zero-order valence-electron chi connectivity index (χ0n) is 11.7. The fourth-order valence-corrected chi connectivity index (χ4v) is 2.39. The van der Waals surface area contributed by atoms with E-state index in [1.54, 1.807) is 31.3 Å². The smallest absolute Gasteiger partial charge is 0.337 e. The molecule has 0 aliphatic rings. The van der Waals surface area contributed by atoms with Gasteiger partial charge in [-0.1, -0.05) is 6.07 Å². The van der Waals surface area contributed by atoms with Crippen LogP contribution in [0.1, 0.15) is 16.1 Å². The third kappa shape index (κ3) is 4.03. The molecule has 7 heteroatoms. The predicted octanol–water partition coefficient (Wildman–Crippen LogP) is 2.15. The lowest BCUT2D eigenvalue weighted by molar-refractivity contribution is -0.115. The first-order chi connectivity index (χ1) is 10.1. The molecule has 0 saturated carbocycles. The van der Waals surface area contributed by atoms with Gasteiger partial charge >= 0.3 is 5.97 Å². The number of carbonyl (C=O) groups is 2. The van der Waals surface area contributed by atoms with Gasteiger partial charge in [-0.2, -0.15) is 0 Å². The van der Waals surface area contributed by atoms with Crippen LogP contribution in [0.2, 0.25) is 0 Å². The van der Waals surface area contributed by atoms with Gasteiger partial charge in [0.25, 0.3) is 0 Å². The molecule has 0 unspecified atom stereocenters. The molecule has 0 aliphatic carbocycles. The Labute approximate surface area is 126 Å². The van der Waals surface area contributed by atoms with Crippen molar-refractivity contribution >= 4 is 34.0 Å². The fraction of sp³-hybridized carbons (Fsp3) is 0.214. The van der Waals surface area contributed by atoms with E-state index < -0.39 is 5.97 Å². The summed E-state index contributed by atoms with van der Waals surface area (Å²) in [6.07, 6.45) is 0.181. The van der Waals surface area contributed by atoms with Crippen molar-refractivity contribution < 1.29 is 14.3 Å². The van der Waals surface area contributed by atoms with Gasteiger partial charge in [-0.3, -0.25) is 4.79 Å². The van der Waals surface area contributed by atoms with Gasteiger partial charge in [0.15, 0.2) is 5.13 Å². The van der Waals surface area contributed by atoms with E-state index in [0.29, 0.717) is 16.9 Å². The number of nitrogens with zero attached hydrogens (tertiary/aromatic N) is 1. The lowest BCUT2D eigenvalue weighted by Crippen LogP contribution is -2.15. The highest BCUT2D eigenvalue weighted by atomic mass is 32.1. The van der Waals surface area contributed by atoms with Crippen molar-refractivity contribution in [1.82, 2.24) is 4.98 Å². The van der Waals surface area contributed by atoms with Crippen LogP contribution in [0, 0.1) is 0 Å². The normalized spacial score (nSPS) is 10.0. The predicted molar refractivity (Wildman–Crippen MR) is 81.8 cm³/mol. The Morgan fingerprint density at radius 2 is 2.19 bits per heavy atom. The molecule has 2 aromatic rings. The van der Waals surface area contributed by atoms with E-state index in [-0.39, 0.29) is 12.3 Å². The van der Waals surface area contributed by atoms with Crippen molar-refractivity contribution in [1.29, 1.82) is 0 Å². The second-order valence-electron chi connectivity index (χ2n) is 4.19. The number of thiazole rings is 1. The summed E-state index contributed by atoms with van der Waals surface area (Å²) < 4.78 is 4.64. The minimum atomic E-state index is -0.440. The summed E-state index contributed by atoms with van der Waals surface area (Å²) >= 11 is 1.44. The molecule has 1 aromatic heterocycles. The number of carbonyl (C=O) groups excluding carboxylic acids is 2. The van der Waals surface area contributed by atoms with Crippen LogP contribution in [0.25, 0.3) is 0 Å². The number of nitrogens with one attached hydrogen (secondary N) is 2. The SMILES string of the molecule is CNc1nc(CC(=O)Nc2cccc(C(=O)OC)c2)cs1. The minimum absolute atomic E-state index is 0.181. The fourth-order valence-electron chi connectivity index (χ4n) is 1.71. The molecule has 1 amide bonds. The molecule has 0 bridgehead atoms. The Balaban J connectivity index is 2.00. The van der Waals surface area contributed by atoms with Gasteiger partial charge in [-0.05, 0) is 18.2 Å². The third-order valence-electron chi connectivity index (χ3n) is 2.67. The molecule has 0 radical (unpaired) electrons. The second kappa shape index (κ2) is 6.85. The Hall–Kier alpha value is -2.41. The second-order valence-corrected chi connectivity index (χ2v) is 5.05. The monoisotopic (exact) mass is 305 g/mol. The number of aromatic nitrogens is 1. The number of amides is 1. The Bertz CT molecular complexity index is 654. The summed E-state index contributed by atoms with van der Waals surface area (Å²) in [4.78, 5) is 27.6. The summed E-state index contributed by atoms with van der Waals surface area (Å²) in [7, 11) is 3.09. The van der Waals surface area contributed by atoms with E-state index in [0.717, 1.165) is 5.13 Å². The highest BCUT2D eigenvalue weighted by Crippen LogP contribution is 2.16. The number of hydrogen-bond acceptors (Lipinski definition) is 6. The van der Waals surface area contributed by atoms with Crippen LogP contribution in [0.3, 0.4) is 0 Å². The molecule has 2 N–H and O–H groups in total. The number of esters is 1. The summed E-state index contributed by atoms with van der Waals surface area (Å²) in [5.74, 6) is -0.630. The quantitative estimate of drug-likeness (QED) is 0.827. The number of hydrogen-bond donors (Lipinski definition) is 2. The van der Waals surface area contributed by atoms with E-state index in [2.05, 4.69) is 20.4 Å². The van der Waals surface area contributed by atoms with Gasteiger partial charge in [0, 0.05) is 18.1 Å². The molecule has 110 valence electrons. The van der Waals surface area contributed by atoms with Gasteiger partial charge in [-0.25, -0.2) is 9.78 Å². The van der Waals surface area contributed by atoms with Gasteiger partial charge in [-0.15, -0.1) is 11.3 Å². The summed E-state index contributed by atoms with van der Waals surface area (Å²) in [6, 6.07) is 6.60. The van der Waals surface area contributed by atoms with Crippen LogP contribution >= 0.6 is 11.3 Å². The first-order valence-corrected chi connectivity index (χ1v) is 7.10. The Morgan fingerprint density at radius 3 is 2.86 bits per heavy atom. The van der Waals surface area contributed by atoms with Crippen LogP contribution < -0.4 is 10.6 Å². The maximum Gasteiger partial charge on any atom is 0.337 e.